The molecule has 2 unspecified atom stereocenters. The molecule has 1 fully saturated rings. The van der Waals surface area contributed by atoms with Crippen molar-refractivity contribution in [1.82, 2.24) is 5.32 Å². The monoisotopic (exact) mass is 291 g/mol. The molecule has 0 aliphatic carbocycles. The maximum absolute atomic E-state index is 5.79. The minimum atomic E-state index is 0.540. The molecule has 3 nitrogen and oxygen atoms in total. The van der Waals surface area contributed by atoms with E-state index in [1.54, 1.807) is 0 Å². The van der Waals surface area contributed by atoms with Gasteiger partial charge in [0, 0.05) is 25.1 Å². The molecule has 0 amide bonds. The fourth-order valence-electron chi connectivity index (χ4n) is 2.53. The van der Waals surface area contributed by atoms with Gasteiger partial charge in [-0.25, -0.2) is 0 Å². The molecule has 1 saturated heterocycles. The Balaban J connectivity index is 1.73. The van der Waals surface area contributed by atoms with Crippen molar-refractivity contribution in [1.29, 1.82) is 0 Å². The number of hydrogen-bond donors (Lipinski definition) is 1. The van der Waals surface area contributed by atoms with E-state index in [0.29, 0.717) is 24.5 Å². The van der Waals surface area contributed by atoms with Crippen molar-refractivity contribution in [3.63, 3.8) is 0 Å². The molecule has 0 radical (unpaired) electrons. The molecule has 1 N–H and O–H groups in total. The zero-order chi connectivity index (χ0) is 15.1. The van der Waals surface area contributed by atoms with Crippen LogP contribution in [0, 0.1) is 5.92 Å². The van der Waals surface area contributed by atoms with Crippen LogP contribution in [-0.2, 0) is 16.1 Å². The molecule has 118 valence electrons. The Morgan fingerprint density at radius 2 is 2.00 bits per heavy atom. The van der Waals surface area contributed by atoms with Crippen LogP contribution in [0.3, 0.4) is 0 Å². The second-order valence-electron chi connectivity index (χ2n) is 6.45. The van der Waals surface area contributed by atoms with Crippen molar-refractivity contribution >= 4 is 0 Å². The third kappa shape index (κ3) is 5.77. The molecular weight excluding hydrogens is 262 g/mol. The standard InChI is InChI=1S/C18H29NO2/c1-14(2)19-10-15(3)18-6-4-16(5-7-18)11-21-13-17-8-9-20-12-17/h4-7,14-15,17,19H,8-13H2,1-3H3. The normalized spacial score (nSPS) is 20.1. The van der Waals surface area contributed by atoms with Gasteiger partial charge in [-0.2, -0.15) is 0 Å². The van der Waals surface area contributed by atoms with Gasteiger partial charge < -0.3 is 14.8 Å². The highest BCUT2D eigenvalue weighted by Gasteiger charge is 2.15. The molecule has 2 atom stereocenters. The molecule has 0 spiro atoms. The van der Waals surface area contributed by atoms with E-state index in [-0.39, 0.29) is 0 Å². The van der Waals surface area contributed by atoms with Gasteiger partial charge >= 0.3 is 0 Å². The van der Waals surface area contributed by atoms with Crippen molar-refractivity contribution in [3.8, 4) is 0 Å². The van der Waals surface area contributed by atoms with E-state index < -0.39 is 0 Å². The second kappa shape index (κ2) is 8.52. The predicted molar refractivity (Wildman–Crippen MR) is 86.6 cm³/mol. The van der Waals surface area contributed by atoms with Crippen LogP contribution >= 0.6 is 0 Å². The summed E-state index contributed by atoms with van der Waals surface area (Å²) in [4.78, 5) is 0. The largest absolute Gasteiger partial charge is 0.381 e. The lowest BCUT2D eigenvalue weighted by atomic mass is 9.99. The highest BCUT2D eigenvalue weighted by molar-refractivity contribution is 5.24. The Morgan fingerprint density at radius 1 is 1.24 bits per heavy atom. The smallest absolute Gasteiger partial charge is 0.0717 e. The molecule has 0 saturated carbocycles. The van der Waals surface area contributed by atoms with Crippen LogP contribution in [0.4, 0.5) is 0 Å². The summed E-state index contributed by atoms with van der Waals surface area (Å²) in [5.74, 6) is 1.13. The number of nitrogens with one attached hydrogen (secondary N) is 1. The van der Waals surface area contributed by atoms with E-state index in [1.165, 1.54) is 11.1 Å². The number of ether oxygens (including phenoxy) is 2. The lowest BCUT2D eigenvalue weighted by Crippen LogP contribution is -2.26. The minimum absolute atomic E-state index is 0.540. The van der Waals surface area contributed by atoms with Crippen LogP contribution in [0.1, 0.15) is 44.2 Å². The van der Waals surface area contributed by atoms with E-state index in [4.69, 9.17) is 9.47 Å². The van der Waals surface area contributed by atoms with Gasteiger partial charge in [-0.3, -0.25) is 0 Å². The number of benzene rings is 1. The summed E-state index contributed by atoms with van der Waals surface area (Å²) in [6, 6.07) is 9.37. The molecule has 1 aliphatic heterocycles. The highest BCUT2D eigenvalue weighted by atomic mass is 16.5. The van der Waals surface area contributed by atoms with Crippen LogP contribution in [0.15, 0.2) is 24.3 Å². The van der Waals surface area contributed by atoms with Gasteiger partial charge in [0.2, 0.25) is 0 Å². The van der Waals surface area contributed by atoms with Crippen molar-refractivity contribution in [3.05, 3.63) is 35.4 Å². The number of hydrogen-bond acceptors (Lipinski definition) is 3. The average molecular weight is 291 g/mol. The quantitative estimate of drug-likeness (QED) is 0.797. The van der Waals surface area contributed by atoms with Crippen LogP contribution in [0.5, 0.6) is 0 Å². The van der Waals surface area contributed by atoms with Crippen molar-refractivity contribution in [2.24, 2.45) is 5.92 Å². The maximum atomic E-state index is 5.79. The zero-order valence-corrected chi connectivity index (χ0v) is 13.6. The average Bonchev–Trinajstić information content (AvgIpc) is 2.99. The lowest BCUT2D eigenvalue weighted by molar-refractivity contribution is 0.0791. The fraction of sp³-hybridized carbons (Fsp3) is 0.667. The van der Waals surface area contributed by atoms with Gasteiger partial charge in [-0.05, 0) is 23.5 Å². The van der Waals surface area contributed by atoms with Crippen LogP contribution < -0.4 is 5.32 Å². The Labute approximate surface area is 129 Å². The third-order valence-corrected chi connectivity index (χ3v) is 4.03. The molecule has 1 heterocycles. The Bertz CT molecular complexity index is 396. The van der Waals surface area contributed by atoms with Gasteiger partial charge in [0.25, 0.3) is 0 Å². The van der Waals surface area contributed by atoms with Crippen LogP contribution in [0.2, 0.25) is 0 Å². The zero-order valence-electron chi connectivity index (χ0n) is 13.6. The highest BCUT2D eigenvalue weighted by Crippen LogP contribution is 2.17. The van der Waals surface area contributed by atoms with Crippen LogP contribution in [-0.4, -0.2) is 32.4 Å². The first kappa shape index (κ1) is 16.5. The molecule has 1 aliphatic rings. The summed E-state index contributed by atoms with van der Waals surface area (Å²) in [5.41, 5.74) is 2.64. The molecule has 0 aromatic heterocycles. The molecule has 0 bridgehead atoms. The van der Waals surface area contributed by atoms with E-state index in [9.17, 15) is 0 Å². The van der Waals surface area contributed by atoms with Gasteiger partial charge in [0.05, 0.1) is 19.8 Å². The van der Waals surface area contributed by atoms with E-state index in [0.717, 1.165) is 32.8 Å². The van der Waals surface area contributed by atoms with Crippen molar-refractivity contribution < 1.29 is 9.47 Å². The Kier molecular flexibility index (Phi) is 6.68. The first-order chi connectivity index (χ1) is 10.1. The van der Waals surface area contributed by atoms with Gasteiger partial charge in [0.15, 0.2) is 0 Å². The minimum Gasteiger partial charge on any atom is -0.381 e. The predicted octanol–water partition coefficient (Wildman–Crippen LogP) is 3.34. The van der Waals surface area contributed by atoms with E-state index in [1.807, 2.05) is 0 Å². The first-order valence-corrected chi connectivity index (χ1v) is 8.13. The van der Waals surface area contributed by atoms with Crippen molar-refractivity contribution in [2.75, 3.05) is 26.4 Å². The van der Waals surface area contributed by atoms with Crippen molar-refractivity contribution in [2.45, 2.75) is 45.8 Å². The summed E-state index contributed by atoms with van der Waals surface area (Å²) < 4.78 is 11.1. The number of rotatable bonds is 8. The van der Waals surface area contributed by atoms with Gasteiger partial charge in [0.1, 0.15) is 0 Å². The van der Waals surface area contributed by atoms with E-state index in [2.05, 4.69) is 50.4 Å². The van der Waals surface area contributed by atoms with Gasteiger partial charge in [-0.1, -0.05) is 45.0 Å². The maximum Gasteiger partial charge on any atom is 0.0717 e. The van der Waals surface area contributed by atoms with Crippen LogP contribution in [0.25, 0.3) is 0 Å². The topological polar surface area (TPSA) is 30.5 Å². The molecule has 1 aromatic rings. The summed E-state index contributed by atoms with van der Waals surface area (Å²) in [5, 5.41) is 3.49. The summed E-state index contributed by atoms with van der Waals surface area (Å²) in [6.45, 7) is 10.9. The lowest BCUT2D eigenvalue weighted by Gasteiger charge is -2.16. The SMILES string of the molecule is CC(C)NCC(C)c1ccc(COCC2CCOC2)cc1. The van der Waals surface area contributed by atoms with Gasteiger partial charge in [-0.15, -0.1) is 0 Å². The third-order valence-electron chi connectivity index (χ3n) is 4.03. The summed E-state index contributed by atoms with van der Waals surface area (Å²) in [7, 11) is 0. The molecule has 2 rings (SSSR count). The Morgan fingerprint density at radius 3 is 2.62 bits per heavy atom. The molecule has 3 heteroatoms. The second-order valence-corrected chi connectivity index (χ2v) is 6.45. The first-order valence-electron chi connectivity index (χ1n) is 8.13. The molecule has 21 heavy (non-hydrogen) atoms. The van der Waals surface area contributed by atoms with E-state index >= 15 is 0 Å². The summed E-state index contributed by atoms with van der Waals surface area (Å²) in [6.07, 6.45) is 1.14. The fourth-order valence-corrected chi connectivity index (χ4v) is 2.53. The molecule has 1 aromatic carbocycles. The molecular formula is C18H29NO2. The summed E-state index contributed by atoms with van der Waals surface area (Å²) >= 11 is 0. The Hall–Kier alpha value is -0.900.